The van der Waals surface area contributed by atoms with Crippen molar-refractivity contribution in [2.24, 2.45) is 0 Å². The number of phenolic OH excluding ortho intramolecular Hbond substituents is 1. The molecule has 1 amide bonds. The van der Waals surface area contributed by atoms with Crippen molar-refractivity contribution >= 4 is 11.6 Å². The number of carbonyl (C=O) groups is 1. The van der Waals surface area contributed by atoms with Gasteiger partial charge in [-0.25, -0.2) is 0 Å². The van der Waals surface area contributed by atoms with Crippen molar-refractivity contribution in [2.75, 3.05) is 32.4 Å². The molecule has 1 aromatic rings. The van der Waals surface area contributed by atoms with E-state index < -0.39 is 0 Å². The fraction of sp³-hybridized carbons (Fsp3) is 0.417. The zero-order chi connectivity index (χ0) is 12.8. The zero-order valence-electron chi connectivity index (χ0n) is 10.2. The molecule has 0 unspecified atom stereocenters. The number of nitrogens with one attached hydrogen (secondary N) is 1. The Morgan fingerprint density at radius 1 is 1.53 bits per heavy atom. The number of nitrogen functional groups attached to an aromatic ring is 1. The Hall–Kier alpha value is -1.75. The Bertz CT molecular complexity index is 393. The topological polar surface area (TPSA) is 78.6 Å². The van der Waals surface area contributed by atoms with E-state index in [1.165, 1.54) is 0 Å². The summed E-state index contributed by atoms with van der Waals surface area (Å²) in [5, 5.41) is 12.4. The molecular formula is C12H19N3O2. The highest BCUT2D eigenvalue weighted by molar-refractivity contribution is 5.98. The second kappa shape index (κ2) is 6.10. The van der Waals surface area contributed by atoms with Gasteiger partial charge in [0.1, 0.15) is 0 Å². The molecule has 5 heteroatoms. The SMILES string of the molecule is CCN(C)CCNC(=O)c1cccc(N)c1O. The maximum absolute atomic E-state index is 11.7. The van der Waals surface area contributed by atoms with Crippen molar-refractivity contribution in [3.05, 3.63) is 23.8 Å². The Morgan fingerprint density at radius 3 is 2.88 bits per heavy atom. The number of nitrogens with zero attached hydrogens (tertiary/aromatic N) is 1. The number of hydrogen-bond donors (Lipinski definition) is 3. The lowest BCUT2D eigenvalue weighted by Crippen LogP contribution is -2.32. The van der Waals surface area contributed by atoms with E-state index in [-0.39, 0.29) is 22.9 Å². The van der Waals surface area contributed by atoms with Crippen molar-refractivity contribution in [1.29, 1.82) is 0 Å². The highest BCUT2D eigenvalue weighted by Crippen LogP contribution is 2.23. The molecule has 0 saturated carbocycles. The lowest BCUT2D eigenvalue weighted by molar-refractivity contribution is 0.0947. The first-order valence-electron chi connectivity index (χ1n) is 5.60. The van der Waals surface area contributed by atoms with E-state index in [0.29, 0.717) is 6.54 Å². The molecular weight excluding hydrogens is 218 g/mol. The van der Waals surface area contributed by atoms with E-state index in [0.717, 1.165) is 13.1 Å². The maximum Gasteiger partial charge on any atom is 0.255 e. The van der Waals surface area contributed by atoms with Crippen LogP contribution in [0.5, 0.6) is 5.75 Å². The summed E-state index contributed by atoms with van der Waals surface area (Å²) in [6.45, 7) is 4.29. The van der Waals surface area contributed by atoms with Crippen LogP contribution in [0.1, 0.15) is 17.3 Å². The molecule has 1 rings (SSSR count). The van der Waals surface area contributed by atoms with Crippen LogP contribution < -0.4 is 11.1 Å². The average Bonchev–Trinajstić information content (AvgIpc) is 2.32. The quantitative estimate of drug-likeness (QED) is 0.519. The number of para-hydroxylation sites is 1. The minimum atomic E-state index is -0.306. The number of rotatable bonds is 5. The molecule has 0 spiro atoms. The molecule has 0 radical (unpaired) electrons. The van der Waals surface area contributed by atoms with Gasteiger partial charge in [0.25, 0.3) is 5.91 Å². The van der Waals surface area contributed by atoms with Crippen molar-refractivity contribution in [2.45, 2.75) is 6.92 Å². The summed E-state index contributed by atoms with van der Waals surface area (Å²) in [5.41, 5.74) is 5.94. The molecule has 4 N–H and O–H groups in total. The van der Waals surface area contributed by atoms with Crippen LogP contribution in [0, 0.1) is 0 Å². The molecule has 0 fully saturated rings. The predicted molar refractivity (Wildman–Crippen MR) is 68.0 cm³/mol. The first kappa shape index (κ1) is 13.3. The van der Waals surface area contributed by atoms with Gasteiger partial charge < -0.3 is 21.1 Å². The fourth-order valence-corrected chi connectivity index (χ4v) is 1.36. The lowest BCUT2D eigenvalue weighted by atomic mass is 10.1. The van der Waals surface area contributed by atoms with Gasteiger partial charge in [0.15, 0.2) is 5.75 Å². The van der Waals surface area contributed by atoms with Crippen molar-refractivity contribution < 1.29 is 9.90 Å². The second-order valence-corrected chi connectivity index (χ2v) is 3.90. The number of carbonyl (C=O) groups excluding carboxylic acids is 1. The van der Waals surface area contributed by atoms with Gasteiger partial charge in [0.05, 0.1) is 11.3 Å². The van der Waals surface area contributed by atoms with Crippen molar-refractivity contribution in [3.63, 3.8) is 0 Å². The lowest BCUT2D eigenvalue weighted by Gasteiger charge is -2.14. The number of nitrogens with two attached hydrogens (primary N) is 1. The Labute approximate surface area is 101 Å². The number of anilines is 1. The van der Waals surface area contributed by atoms with Crippen LogP contribution in [0.3, 0.4) is 0 Å². The molecule has 17 heavy (non-hydrogen) atoms. The summed E-state index contributed by atoms with van der Waals surface area (Å²) >= 11 is 0. The van der Waals surface area contributed by atoms with E-state index >= 15 is 0 Å². The third kappa shape index (κ3) is 3.64. The Kier molecular flexibility index (Phi) is 4.78. The third-order valence-corrected chi connectivity index (χ3v) is 2.63. The summed E-state index contributed by atoms with van der Waals surface area (Å²) in [7, 11) is 1.98. The van der Waals surface area contributed by atoms with E-state index in [1.54, 1.807) is 18.2 Å². The minimum absolute atomic E-state index is 0.158. The molecule has 0 aliphatic heterocycles. The Balaban J connectivity index is 2.56. The standard InChI is InChI=1S/C12H19N3O2/c1-3-15(2)8-7-14-12(17)9-5-4-6-10(13)11(9)16/h4-6,16H,3,7-8,13H2,1-2H3,(H,14,17). The summed E-state index contributed by atoms with van der Waals surface area (Å²) in [6.07, 6.45) is 0. The molecule has 0 aliphatic rings. The van der Waals surface area contributed by atoms with Crippen LogP contribution >= 0.6 is 0 Å². The van der Waals surface area contributed by atoms with E-state index in [4.69, 9.17) is 5.73 Å². The molecule has 0 atom stereocenters. The first-order chi connectivity index (χ1) is 8.06. The van der Waals surface area contributed by atoms with Gasteiger partial charge in [-0.2, -0.15) is 0 Å². The van der Waals surface area contributed by atoms with Crippen molar-refractivity contribution in [3.8, 4) is 5.75 Å². The number of benzene rings is 1. The summed E-state index contributed by atoms with van der Waals surface area (Å²) in [4.78, 5) is 13.8. The highest BCUT2D eigenvalue weighted by Gasteiger charge is 2.12. The average molecular weight is 237 g/mol. The fourth-order valence-electron chi connectivity index (χ4n) is 1.36. The minimum Gasteiger partial charge on any atom is -0.505 e. The molecule has 5 nitrogen and oxygen atoms in total. The largest absolute Gasteiger partial charge is 0.505 e. The third-order valence-electron chi connectivity index (χ3n) is 2.63. The van der Waals surface area contributed by atoms with E-state index in [2.05, 4.69) is 10.2 Å². The smallest absolute Gasteiger partial charge is 0.255 e. The molecule has 94 valence electrons. The van der Waals surface area contributed by atoms with Gasteiger partial charge in [-0.15, -0.1) is 0 Å². The van der Waals surface area contributed by atoms with Crippen LogP contribution in [-0.4, -0.2) is 42.6 Å². The number of hydrogen-bond acceptors (Lipinski definition) is 4. The zero-order valence-corrected chi connectivity index (χ0v) is 10.2. The number of aromatic hydroxyl groups is 1. The van der Waals surface area contributed by atoms with Crippen LogP contribution in [0.15, 0.2) is 18.2 Å². The van der Waals surface area contributed by atoms with Crippen LogP contribution in [0.2, 0.25) is 0 Å². The van der Waals surface area contributed by atoms with Gasteiger partial charge in [-0.3, -0.25) is 4.79 Å². The predicted octanol–water partition coefficient (Wildman–Crippen LogP) is 0.656. The van der Waals surface area contributed by atoms with Crippen molar-refractivity contribution in [1.82, 2.24) is 10.2 Å². The molecule has 0 saturated heterocycles. The first-order valence-corrected chi connectivity index (χ1v) is 5.60. The number of likely N-dealkylation sites (N-methyl/N-ethyl adjacent to an activating group) is 1. The number of amides is 1. The monoisotopic (exact) mass is 237 g/mol. The Morgan fingerprint density at radius 2 is 2.24 bits per heavy atom. The maximum atomic E-state index is 11.7. The molecule has 0 aliphatic carbocycles. The number of phenols is 1. The molecule has 0 aromatic heterocycles. The second-order valence-electron chi connectivity index (χ2n) is 3.90. The summed E-state index contributed by atoms with van der Waals surface area (Å²) in [6, 6.07) is 4.74. The van der Waals surface area contributed by atoms with Gasteiger partial charge in [-0.1, -0.05) is 13.0 Å². The summed E-state index contributed by atoms with van der Waals surface area (Å²) < 4.78 is 0. The normalized spacial score (nSPS) is 10.5. The van der Waals surface area contributed by atoms with Gasteiger partial charge in [0.2, 0.25) is 0 Å². The highest BCUT2D eigenvalue weighted by atomic mass is 16.3. The summed E-state index contributed by atoms with van der Waals surface area (Å²) in [5.74, 6) is -0.465. The molecule has 0 heterocycles. The van der Waals surface area contributed by atoms with Gasteiger partial charge in [-0.05, 0) is 25.7 Å². The van der Waals surface area contributed by atoms with Crippen LogP contribution in [-0.2, 0) is 0 Å². The van der Waals surface area contributed by atoms with Gasteiger partial charge >= 0.3 is 0 Å². The van der Waals surface area contributed by atoms with E-state index in [1.807, 2.05) is 14.0 Å². The molecule has 0 bridgehead atoms. The molecule has 1 aromatic carbocycles. The van der Waals surface area contributed by atoms with Gasteiger partial charge in [0, 0.05) is 13.1 Å². The van der Waals surface area contributed by atoms with Crippen LogP contribution in [0.4, 0.5) is 5.69 Å². The van der Waals surface area contributed by atoms with E-state index in [9.17, 15) is 9.90 Å². The van der Waals surface area contributed by atoms with Crippen LogP contribution in [0.25, 0.3) is 0 Å².